The summed E-state index contributed by atoms with van der Waals surface area (Å²) in [4.78, 5) is 36.2. The number of hydrogen-bond donors (Lipinski definition) is 13. The number of carboxylic acid groups (broad SMARTS) is 2. The van der Waals surface area contributed by atoms with E-state index >= 15 is 0 Å². The maximum absolute atomic E-state index is 10.6. The van der Waals surface area contributed by atoms with Crippen LogP contribution in [-0.2, 0) is 9.59 Å². The van der Waals surface area contributed by atoms with Crippen molar-refractivity contribution in [2.24, 2.45) is 133 Å². The Morgan fingerprint density at radius 1 is 0.343 bits per heavy atom. The van der Waals surface area contributed by atoms with Crippen LogP contribution in [0.5, 0.6) is 0 Å². The number of aliphatic carboxylic acids is 2. The number of carboxylic acids is 2. The second-order valence-corrected chi connectivity index (χ2v) is 50.2. The van der Waals surface area contributed by atoms with Crippen molar-refractivity contribution >= 4 is 117 Å². The Hall–Kier alpha value is 0.460. The molecule has 47 atom stereocenters. The first-order chi connectivity index (χ1) is 62.8. The number of allylic oxidation sites excluding steroid dienone is 1. The number of aliphatic imine (C=N–C) groups is 3. The Bertz CT molecular complexity index is 3050. The molecule has 0 saturated carbocycles. The van der Waals surface area contributed by atoms with Gasteiger partial charge in [-0.1, -0.05) is 210 Å². The number of carbonyl (C=O) groups is 2. The maximum atomic E-state index is 10.6. The van der Waals surface area contributed by atoms with Gasteiger partial charge in [0.15, 0.2) is 0 Å². The third kappa shape index (κ3) is 49.4. The molecule has 0 aromatic rings. The van der Waals surface area contributed by atoms with Gasteiger partial charge in [0.05, 0.1) is 49.3 Å². The van der Waals surface area contributed by atoms with Crippen molar-refractivity contribution < 1.29 is 55.5 Å². The molecule has 8 unspecified atom stereocenters. The first-order valence-corrected chi connectivity index (χ1v) is 56.1. The molecule has 137 heavy (non-hydrogen) atoms. The van der Waals surface area contributed by atoms with Crippen LogP contribution in [-0.4, -0.2) is 344 Å². The Morgan fingerprint density at radius 3 is 0.810 bits per heavy atom. The van der Waals surface area contributed by atoms with Crippen LogP contribution in [0.15, 0.2) is 26.8 Å². The van der Waals surface area contributed by atoms with E-state index in [2.05, 4.69) is 365 Å². The van der Waals surface area contributed by atoms with Gasteiger partial charge in [-0.05, 0) is 253 Å². The van der Waals surface area contributed by atoms with Crippen LogP contribution in [0, 0.1) is 118 Å². The van der Waals surface area contributed by atoms with E-state index in [-0.39, 0.29) is 60.7 Å². The Kier molecular flexibility index (Phi) is 69.3. The summed E-state index contributed by atoms with van der Waals surface area (Å²) in [6, 6.07) is 5.50. The summed E-state index contributed by atoms with van der Waals surface area (Å²) in [5, 5.41) is 94.6. The number of aliphatic hydroxyl groups excluding tert-OH is 7. The first kappa shape index (κ1) is 137. The third-order valence-electron chi connectivity index (χ3n) is 33.0. The lowest BCUT2D eigenvalue weighted by Gasteiger charge is -2.16. The first-order valence-electron chi connectivity index (χ1n) is 52.0. The fourth-order valence-electron chi connectivity index (χ4n) is 19.0. The average Bonchev–Trinajstić information content (AvgIpc) is 1.69. The van der Waals surface area contributed by atoms with Crippen LogP contribution in [0.2, 0.25) is 0 Å². The summed E-state index contributed by atoms with van der Waals surface area (Å²) in [7, 11) is 23.2. The normalized spacial score (nSPS) is 41.3. The van der Waals surface area contributed by atoms with Gasteiger partial charge in [0.1, 0.15) is 12.1 Å². The summed E-state index contributed by atoms with van der Waals surface area (Å²) >= 11 is 0. The van der Waals surface area contributed by atoms with Gasteiger partial charge in [0, 0.05) is 186 Å². The highest BCUT2D eigenvalue weighted by Crippen LogP contribution is 2.36. The van der Waals surface area contributed by atoms with Crippen LogP contribution < -0.4 is 21.3 Å². The van der Waals surface area contributed by atoms with E-state index < -0.39 is 36.2 Å². The molecule has 16 heterocycles. The van der Waals surface area contributed by atoms with Gasteiger partial charge in [-0.3, -0.25) is 57.3 Å². The molecule has 36 heteroatoms. The van der Waals surface area contributed by atoms with Gasteiger partial charge in [0.25, 0.3) is 0 Å². The Labute approximate surface area is 863 Å². The standard InChI is InChI=1S/3C7H16NP.2C7H15N.C7H13N.2C6H12NO3P.2C6H14NOP.C6H13NO.C6H11NO.C6H12NP.C6H13N.C6H11N.C5H11NO.ClH/c3*1-5-4-8(9)7(3)6(5)2;1-6-4-7(2)8(3)5-6;2*1-5-4-8-7(3)6(5)2;2*1-3-4(8)2-7(11)5(3)6(9)10;2*1-4-5(2)7(9)3-6(4)8;2*1-4-5(2)7-3-6(4)8;1-5-3-6(2)7(8)4-5;2*1-5-3-6(2)7-4-5;1-4-2-5(7)3-6-4;/h3*5-7H,4,9H2,1-3H3;6-7H,4-5H2,1-3H3;5-8H,4H2,1-3H3;5-6H,4H2,1-3H3;2*3-5,8H,2,11H2,1H3,(H,9,10);2*4-6,8H,3,9H2,1-2H3;4-8H,3H2,1-2H3;4,6,8H,3H2,1-2H3;3,5H,4,8H2,1-2H3;5-7H,3-4H2,1-2H3;5H,3-4H2,1-2H3;4-7H,2-3H2,1H3;1H/t5-,6+,7+;5-,6+,7-;5-,6-,7+;6-,7-;5-,6+,7-;5-,6+;3-,4+,5+;3-,4-,5-;4-,5+,6-;4-,5-,6+;4-,5+,6-;4-,6-;5-;5-,6-;5-;4-,5-;/m0001001001001111./s1. The van der Waals surface area contributed by atoms with Gasteiger partial charge < -0.3 is 76.8 Å². The molecule has 0 spiro atoms. The topological polar surface area (TPSA) is 331 Å². The number of hydrogen-bond acceptors (Lipinski definition) is 25. The highest BCUT2D eigenvalue weighted by molar-refractivity contribution is 7.14. The molecule has 16 aliphatic heterocycles. The predicted octanol–water partition coefficient (Wildman–Crippen LogP) is 14.3. The van der Waals surface area contributed by atoms with Crippen LogP contribution in [0.4, 0.5) is 0 Å². The molecular weight excluding hydrogens is 1900 g/mol. The lowest BCUT2D eigenvalue weighted by atomic mass is 9.95. The van der Waals surface area contributed by atoms with E-state index in [0.717, 1.165) is 177 Å². The van der Waals surface area contributed by atoms with Gasteiger partial charge in [-0.2, -0.15) is 0 Å². The number of β-amino-alcohol motifs (C(OH)–C–C–N with tert-alkyl or cyclic N) is 6. The molecule has 27 nitrogen and oxygen atoms in total. The van der Waals surface area contributed by atoms with Gasteiger partial charge in [0.2, 0.25) is 0 Å². The molecule has 0 aliphatic carbocycles. The number of likely N-dealkylation sites (tertiary alicyclic amines) is 1. The second kappa shape index (κ2) is 69.0. The third-order valence-corrected chi connectivity index (χ3v) is 38.1. The fourth-order valence-corrected chi connectivity index (χ4v) is 23.5. The molecule has 13 N–H and O–H groups in total. The number of halogens is 1. The van der Waals surface area contributed by atoms with E-state index in [1.54, 1.807) is 23.2 Å². The zero-order valence-corrected chi connectivity index (χ0v) is 103. The number of aliphatic hydroxyl groups is 7. The van der Waals surface area contributed by atoms with Gasteiger partial charge >= 0.3 is 11.9 Å². The molecule has 812 valence electrons. The molecule has 0 aromatic carbocycles. The van der Waals surface area contributed by atoms with E-state index in [4.69, 9.17) is 25.5 Å². The summed E-state index contributed by atoms with van der Waals surface area (Å²) < 4.78 is 16.6. The Morgan fingerprint density at radius 2 is 0.715 bits per heavy atom. The average molecular weight is 2110 g/mol. The van der Waals surface area contributed by atoms with Crippen LogP contribution in [0.3, 0.4) is 0 Å². The van der Waals surface area contributed by atoms with E-state index in [0.29, 0.717) is 61.6 Å². The maximum Gasteiger partial charge on any atom is 0.321 e. The summed E-state index contributed by atoms with van der Waals surface area (Å²) in [6.45, 7) is 89.6. The molecule has 0 aromatic heterocycles. The van der Waals surface area contributed by atoms with Crippen molar-refractivity contribution in [3.63, 3.8) is 0 Å². The largest absolute Gasteiger partial charge is 0.480 e. The van der Waals surface area contributed by atoms with Crippen LogP contribution in [0.1, 0.15) is 261 Å². The molecule has 16 aliphatic rings. The van der Waals surface area contributed by atoms with Crippen LogP contribution in [0.25, 0.3) is 0 Å². The molecule has 16 rings (SSSR count). The fraction of sp³-hybridized carbons (Fsp3) is 0.931. The molecule has 0 radical (unpaired) electrons. The van der Waals surface area contributed by atoms with E-state index in [9.17, 15) is 30.0 Å². The molecule has 12 saturated heterocycles. The summed E-state index contributed by atoms with van der Waals surface area (Å²) in [5.74, 6) is 11.3. The minimum Gasteiger partial charge on any atom is -0.480 e. The second-order valence-electron chi connectivity index (χ2n) is 44.9. The number of rotatable bonds is 2. The minimum atomic E-state index is -0.871. The SMILES string of the molecule is CC1=C[C@@H](C)CN1P.CC1=NC[C@H](C)C1.CC1=NC[C@H](C)[C@H]1C.CC1=NC[C@H](O)[C@H]1C.C[C@@H]1C[C@@H](C)N(C)C1.C[C@@H]1C[C@@H](O)CN1.C[C@@H]1[C@@H](C(=O)O)N(P)C[C@@H]1O.C[C@@H]1[C@@H](C)CN(P)[C@H]1C.C[C@@H]1[C@@H](C)N(P)C[C@@H]1C.C[C@@H]1[C@@H](C)N(P)C[C@@H]1O.C[C@@H]1[C@@H](O)CN[C@@H]1C.C[C@H]1CN[C@H](C)C1.C[C@H]1[C@@H](C(=O)O)N(P)C[C@@H]1O.C[C@H]1[C@@H](C)N(P)C[C@@H]1C.C[C@H]1[C@@H](C)N(P)C[C@@H]1O.C[C@H]1[C@H](C)NC[C@@H]1C.Cl. The molecule has 0 bridgehead atoms. The van der Waals surface area contributed by atoms with Gasteiger partial charge in [-0.25, -0.2) is 0 Å². The smallest absolute Gasteiger partial charge is 0.321 e. The van der Waals surface area contributed by atoms with E-state index in [1.807, 2.05) is 13.8 Å². The number of nitrogens with one attached hydrogen (secondary N) is 4. The number of nitrogens with zero attached hydrogens (tertiary/aromatic N) is 12. The van der Waals surface area contributed by atoms with Crippen LogP contribution >= 0.6 is 87.5 Å². The highest BCUT2D eigenvalue weighted by Gasteiger charge is 2.43. The van der Waals surface area contributed by atoms with Crippen molar-refractivity contribution in [3.8, 4) is 0 Å². The summed E-state index contributed by atoms with van der Waals surface area (Å²) in [5.41, 5.74) is 5.12. The zero-order valence-electron chi connectivity index (χ0n) is 92.5. The van der Waals surface area contributed by atoms with Crippen molar-refractivity contribution in [2.75, 3.05) is 112 Å². The van der Waals surface area contributed by atoms with Crippen molar-refractivity contribution in [1.82, 2.24) is 63.5 Å². The quantitative estimate of drug-likeness (QED) is 0.114. The molecular formula is C101H215ClN16O11P8. The zero-order chi connectivity index (χ0) is 105. The highest BCUT2D eigenvalue weighted by atomic mass is 35.5. The van der Waals surface area contributed by atoms with Crippen molar-refractivity contribution in [1.29, 1.82) is 0 Å². The van der Waals surface area contributed by atoms with Crippen molar-refractivity contribution in [2.45, 2.75) is 376 Å². The van der Waals surface area contributed by atoms with Gasteiger partial charge in [-0.15, -0.1) is 12.4 Å². The predicted molar refractivity (Wildman–Crippen MR) is 612 cm³/mol. The molecule has 12 fully saturated rings. The van der Waals surface area contributed by atoms with Crippen molar-refractivity contribution in [3.05, 3.63) is 11.8 Å². The lowest BCUT2D eigenvalue weighted by Crippen LogP contribution is -2.33. The minimum absolute atomic E-state index is 0. The lowest BCUT2D eigenvalue weighted by molar-refractivity contribution is -0.142. The molecule has 0 amide bonds. The monoisotopic (exact) mass is 2110 g/mol. The summed E-state index contributed by atoms with van der Waals surface area (Å²) in [6.07, 6.45) is 5.45. The Balaban J connectivity index is 0.00000144. The van der Waals surface area contributed by atoms with E-state index in [1.165, 1.54) is 75.7 Å².